The third-order valence-electron chi connectivity index (χ3n) is 3.58. The number of hydrogen-bond donors (Lipinski definition) is 1. The largest absolute Gasteiger partial charge is 0.586 e. The van der Waals surface area contributed by atoms with Gasteiger partial charge in [0, 0.05) is 31.7 Å². The summed E-state index contributed by atoms with van der Waals surface area (Å²) in [6, 6.07) is 1.54. The fourth-order valence-corrected chi connectivity index (χ4v) is 2.73. The monoisotopic (exact) mass is 360 g/mol. The molecule has 0 radical (unpaired) electrons. The van der Waals surface area contributed by atoms with Gasteiger partial charge in [-0.2, -0.15) is 13.2 Å². The number of nitrogens with one attached hydrogen (secondary N) is 1. The molecule has 2 heterocycles. The molecule has 2 aliphatic heterocycles. The summed E-state index contributed by atoms with van der Waals surface area (Å²) in [7, 11) is 0. The van der Waals surface area contributed by atoms with Gasteiger partial charge in [0.2, 0.25) is 0 Å². The van der Waals surface area contributed by atoms with E-state index >= 15 is 0 Å². The van der Waals surface area contributed by atoms with E-state index in [2.05, 4.69) is 14.8 Å². The van der Waals surface area contributed by atoms with Crippen molar-refractivity contribution in [3.05, 3.63) is 23.8 Å². The van der Waals surface area contributed by atoms with E-state index in [4.69, 9.17) is 0 Å². The highest BCUT2D eigenvalue weighted by Gasteiger charge is 2.51. The van der Waals surface area contributed by atoms with Gasteiger partial charge in [-0.1, -0.05) is 12.1 Å². The Kier molecular flexibility index (Phi) is 4.93. The number of halogens is 6. The zero-order valence-corrected chi connectivity index (χ0v) is 12.5. The lowest BCUT2D eigenvalue weighted by molar-refractivity contribution is -0.287. The van der Waals surface area contributed by atoms with E-state index in [0.29, 0.717) is 13.1 Å². The molecule has 1 N–H and O–H groups in total. The van der Waals surface area contributed by atoms with Crippen molar-refractivity contribution >= 4 is 12.4 Å². The molecule has 0 unspecified atom stereocenters. The van der Waals surface area contributed by atoms with Crippen LogP contribution >= 0.6 is 12.4 Å². The van der Waals surface area contributed by atoms with E-state index < -0.39 is 24.3 Å². The quantitative estimate of drug-likeness (QED) is 0.822. The first-order valence-electron chi connectivity index (χ1n) is 6.68. The maximum Gasteiger partial charge on any atom is 0.586 e. The van der Waals surface area contributed by atoms with Crippen molar-refractivity contribution in [3.8, 4) is 11.5 Å². The normalized spacial score (nSPS) is 21.6. The molecule has 1 aromatic rings. The van der Waals surface area contributed by atoms with E-state index in [1.165, 1.54) is 11.0 Å². The van der Waals surface area contributed by atoms with Crippen LogP contribution in [0.2, 0.25) is 0 Å². The standard InChI is InChI=1S/C13H13F5N2O2.ClH/c14-12(15,16)11(20-6-4-19-5-7-20)8-2-1-3-9-10(8)22-13(17,18)21-9;/h1-3,11,19H,4-7H2;1H/t11-;/m0./s1. The summed E-state index contributed by atoms with van der Waals surface area (Å²) in [4.78, 5) is 1.20. The van der Waals surface area contributed by atoms with Crippen LogP contribution in [0.4, 0.5) is 22.0 Å². The molecule has 1 atom stereocenters. The zero-order chi connectivity index (χ0) is 16.0. The molecule has 1 saturated heterocycles. The van der Waals surface area contributed by atoms with E-state index in [-0.39, 0.29) is 36.8 Å². The molecule has 0 aliphatic carbocycles. The van der Waals surface area contributed by atoms with Crippen LogP contribution in [0, 0.1) is 0 Å². The first-order valence-corrected chi connectivity index (χ1v) is 6.68. The van der Waals surface area contributed by atoms with Crippen molar-refractivity contribution in [1.29, 1.82) is 0 Å². The summed E-state index contributed by atoms with van der Waals surface area (Å²) in [6.07, 6.45) is -8.56. The van der Waals surface area contributed by atoms with Crippen molar-refractivity contribution in [2.75, 3.05) is 26.2 Å². The van der Waals surface area contributed by atoms with Crippen LogP contribution in [0.3, 0.4) is 0 Å². The highest BCUT2D eigenvalue weighted by atomic mass is 35.5. The highest BCUT2D eigenvalue weighted by molar-refractivity contribution is 5.85. The zero-order valence-electron chi connectivity index (χ0n) is 11.7. The fourth-order valence-electron chi connectivity index (χ4n) is 2.73. The molecular formula is C13H14ClF5N2O2. The number of benzene rings is 1. The molecule has 10 heteroatoms. The van der Waals surface area contributed by atoms with Crippen molar-refractivity contribution in [2.24, 2.45) is 0 Å². The second-order valence-corrected chi connectivity index (χ2v) is 5.07. The van der Waals surface area contributed by atoms with E-state index in [9.17, 15) is 22.0 Å². The van der Waals surface area contributed by atoms with E-state index in [1.54, 1.807) is 0 Å². The van der Waals surface area contributed by atoms with Crippen LogP contribution in [0.25, 0.3) is 0 Å². The molecule has 1 aromatic carbocycles. The molecule has 0 bridgehead atoms. The minimum atomic E-state index is -4.62. The summed E-state index contributed by atoms with van der Waals surface area (Å²) in [6.45, 7) is 1.11. The summed E-state index contributed by atoms with van der Waals surface area (Å²) >= 11 is 0. The number of hydrogen-bond acceptors (Lipinski definition) is 4. The Balaban J connectivity index is 0.00000192. The molecule has 3 rings (SSSR count). The van der Waals surface area contributed by atoms with E-state index in [0.717, 1.165) is 12.1 Å². The smallest absolute Gasteiger partial charge is 0.395 e. The molecule has 0 saturated carbocycles. The minimum Gasteiger partial charge on any atom is -0.395 e. The van der Waals surface area contributed by atoms with Gasteiger partial charge in [-0.05, 0) is 6.07 Å². The molecule has 0 amide bonds. The average Bonchev–Trinajstić information content (AvgIpc) is 2.73. The van der Waals surface area contributed by atoms with Crippen molar-refractivity contribution < 1.29 is 31.4 Å². The first-order chi connectivity index (χ1) is 10.3. The van der Waals surface area contributed by atoms with Crippen LogP contribution in [0.15, 0.2) is 18.2 Å². The van der Waals surface area contributed by atoms with Crippen LogP contribution in [0.5, 0.6) is 11.5 Å². The molecule has 0 spiro atoms. The molecule has 23 heavy (non-hydrogen) atoms. The highest BCUT2D eigenvalue weighted by Crippen LogP contribution is 2.49. The minimum absolute atomic E-state index is 0. The Hall–Kier alpha value is -1.32. The number of rotatable bonds is 2. The topological polar surface area (TPSA) is 33.7 Å². The molecule has 2 aliphatic rings. The van der Waals surface area contributed by atoms with Crippen LogP contribution in [0.1, 0.15) is 11.6 Å². The average molecular weight is 361 g/mol. The van der Waals surface area contributed by atoms with Crippen molar-refractivity contribution in [3.63, 3.8) is 0 Å². The lowest BCUT2D eigenvalue weighted by Gasteiger charge is -2.36. The maximum atomic E-state index is 13.5. The van der Waals surface area contributed by atoms with Gasteiger partial charge in [-0.25, -0.2) is 0 Å². The van der Waals surface area contributed by atoms with Crippen LogP contribution in [-0.4, -0.2) is 43.5 Å². The van der Waals surface area contributed by atoms with Gasteiger partial charge in [0.05, 0.1) is 0 Å². The predicted octanol–water partition coefficient (Wildman–Crippen LogP) is 2.94. The van der Waals surface area contributed by atoms with E-state index in [1.807, 2.05) is 0 Å². The van der Waals surface area contributed by atoms with Crippen molar-refractivity contribution in [1.82, 2.24) is 10.2 Å². The second kappa shape index (κ2) is 6.29. The Morgan fingerprint density at radius 3 is 2.39 bits per heavy atom. The Morgan fingerprint density at radius 1 is 1.13 bits per heavy atom. The number of alkyl halides is 5. The van der Waals surface area contributed by atoms with Crippen LogP contribution in [-0.2, 0) is 0 Å². The van der Waals surface area contributed by atoms with Gasteiger partial charge in [0.1, 0.15) is 6.04 Å². The van der Waals surface area contributed by atoms with Gasteiger partial charge in [-0.3, -0.25) is 4.90 Å². The molecular weight excluding hydrogens is 347 g/mol. The Labute approximate surface area is 134 Å². The van der Waals surface area contributed by atoms with Gasteiger partial charge < -0.3 is 14.8 Å². The van der Waals surface area contributed by atoms with Gasteiger partial charge in [0.15, 0.2) is 11.5 Å². The number of nitrogens with zero attached hydrogens (tertiary/aromatic N) is 1. The number of piperazine rings is 1. The Bertz CT molecular complexity index is 564. The van der Waals surface area contributed by atoms with Crippen LogP contribution < -0.4 is 14.8 Å². The molecule has 130 valence electrons. The van der Waals surface area contributed by atoms with Gasteiger partial charge in [0.25, 0.3) is 0 Å². The SMILES string of the molecule is Cl.FC1(F)Oc2cccc([C@H](N3CCNCC3)C(F)(F)F)c2O1. The number of ether oxygens (including phenoxy) is 2. The predicted molar refractivity (Wildman–Crippen MR) is 73.1 cm³/mol. The fraction of sp³-hybridized carbons (Fsp3) is 0.538. The lowest BCUT2D eigenvalue weighted by Crippen LogP contribution is -2.49. The van der Waals surface area contributed by atoms with Gasteiger partial charge in [-0.15, -0.1) is 21.2 Å². The summed E-state index contributed by atoms with van der Waals surface area (Å²) in [5.74, 6) is -0.930. The second-order valence-electron chi connectivity index (χ2n) is 5.07. The third kappa shape index (κ3) is 3.61. The maximum absolute atomic E-state index is 13.5. The number of para-hydroxylation sites is 1. The number of fused-ring (bicyclic) bond motifs is 1. The first kappa shape index (κ1) is 18.0. The van der Waals surface area contributed by atoms with Crippen molar-refractivity contribution in [2.45, 2.75) is 18.5 Å². The molecule has 1 fully saturated rings. The lowest BCUT2D eigenvalue weighted by atomic mass is 10.0. The third-order valence-corrected chi connectivity index (χ3v) is 3.58. The van der Waals surface area contributed by atoms with Gasteiger partial charge >= 0.3 is 12.5 Å². The summed E-state index contributed by atoms with van der Waals surface area (Å²) in [5.41, 5.74) is -0.357. The summed E-state index contributed by atoms with van der Waals surface area (Å²) < 4.78 is 75.4. The molecule has 4 nitrogen and oxygen atoms in total. The Morgan fingerprint density at radius 2 is 1.78 bits per heavy atom. The molecule has 0 aromatic heterocycles. The summed E-state index contributed by atoms with van der Waals surface area (Å²) in [5, 5.41) is 2.95.